The maximum absolute atomic E-state index is 11.5. The molecule has 7 heteroatoms. The minimum absolute atomic E-state index is 0.0449. The van der Waals surface area contributed by atoms with Gasteiger partial charge in [-0.15, -0.1) is 0 Å². The minimum atomic E-state index is -3.70. The Morgan fingerprint density at radius 1 is 1.50 bits per heavy atom. The molecule has 0 saturated heterocycles. The largest absolute Gasteiger partial charge is 0.492 e. The number of hydrazine groups is 1. The lowest BCUT2D eigenvalue weighted by molar-refractivity contribution is 0.340. The van der Waals surface area contributed by atoms with E-state index in [2.05, 4.69) is 0 Å². The number of nitrogens with one attached hydrogen (secondary N) is 1. The minimum Gasteiger partial charge on any atom is -0.492 e. The Morgan fingerprint density at radius 2 is 2.12 bits per heavy atom. The molecule has 0 fully saturated rings. The highest BCUT2D eigenvalue weighted by atomic mass is 35.5. The highest BCUT2D eigenvalue weighted by molar-refractivity contribution is 7.89. The zero-order chi connectivity index (χ0) is 12.3. The summed E-state index contributed by atoms with van der Waals surface area (Å²) in [5.74, 6) is 5.40. The van der Waals surface area contributed by atoms with E-state index in [1.807, 2.05) is 6.92 Å². The monoisotopic (exact) mass is 264 g/mol. The Bertz CT molecular complexity index is 488. The first kappa shape index (κ1) is 13.2. The van der Waals surface area contributed by atoms with Crippen molar-refractivity contribution in [2.24, 2.45) is 5.84 Å². The van der Waals surface area contributed by atoms with Crippen LogP contribution in [0.1, 0.15) is 12.5 Å². The maximum atomic E-state index is 11.5. The number of nitrogens with two attached hydrogens (primary N) is 1. The molecule has 0 atom stereocenters. The molecule has 3 N–H and O–H groups in total. The third-order valence-electron chi connectivity index (χ3n) is 1.97. The Labute approximate surface area is 99.6 Å². The van der Waals surface area contributed by atoms with Crippen molar-refractivity contribution in [3.63, 3.8) is 0 Å². The van der Waals surface area contributed by atoms with Crippen LogP contribution in [0.4, 0.5) is 0 Å². The lowest BCUT2D eigenvalue weighted by Crippen LogP contribution is -2.30. The Balaban J connectivity index is 3.31. The second-order valence-corrected chi connectivity index (χ2v) is 5.19. The quantitative estimate of drug-likeness (QED) is 0.632. The average molecular weight is 265 g/mol. The number of hydrogen-bond donors (Lipinski definition) is 2. The van der Waals surface area contributed by atoms with Gasteiger partial charge in [0.25, 0.3) is 10.0 Å². The van der Waals surface area contributed by atoms with E-state index in [1.54, 1.807) is 17.8 Å². The SMILES string of the molecule is CCOc1cc(C)c(S(=O)(=O)NN)cc1Cl. The van der Waals surface area contributed by atoms with Crippen molar-refractivity contribution in [1.82, 2.24) is 4.83 Å². The highest BCUT2D eigenvalue weighted by Gasteiger charge is 2.17. The third-order valence-corrected chi connectivity index (χ3v) is 3.60. The van der Waals surface area contributed by atoms with Crippen LogP contribution in [0.25, 0.3) is 0 Å². The molecule has 1 aromatic carbocycles. The first-order chi connectivity index (χ1) is 7.42. The summed E-state index contributed by atoms with van der Waals surface area (Å²) in [6.07, 6.45) is 0. The predicted octanol–water partition coefficient (Wildman–Crippen LogP) is 1.20. The van der Waals surface area contributed by atoms with Crippen molar-refractivity contribution in [1.29, 1.82) is 0 Å². The van der Waals surface area contributed by atoms with E-state index >= 15 is 0 Å². The fourth-order valence-electron chi connectivity index (χ4n) is 1.26. The van der Waals surface area contributed by atoms with Crippen molar-refractivity contribution in [2.45, 2.75) is 18.7 Å². The van der Waals surface area contributed by atoms with Gasteiger partial charge in [-0.05, 0) is 31.5 Å². The molecule has 0 saturated carbocycles. The number of halogens is 1. The second kappa shape index (κ2) is 5.01. The van der Waals surface area contributed by atoms with Crippen LogP contribution in [0.15, 0.2) is 17.0 Å². The molecule has 0 bridgehead atoms. The van der Waals surface area contributed by atoms with Gasteiger partial charge in [0.15, 0.2) is 0 Å². The van der Waals surface area contributed by atoms with Gasteiger partial charge >= 0.3 is 0 Å². The van der Waals surface area contributed by atoms with E-state index < -0.39 is 10.0 Å². The van der Waals surface area contributed by atoms with Gasteiger partial charge in [0, 0.05) is 0 Å². The van der Waals surface area contributed by atoms with Gasteiger partial charge in [0.05, 0.1) is 16.5 Å². The van der Waals surface area contributed by atoms with Gasteiger partial charge in [0.1, 0.15) is 5.75 Å². The molecule has 0 spiro atoms. The number of rotatable bonds is 4. The summed E-state index contributed by atoms with van der Waals surface area (Å²) in [6, 6.07) is 2.88. The fraction of sp³-hybridized carbons (Fsp3) is 0.333. The van der Waals surface area contributed by atoms with Crippen LogP contribution in [0.5, 0.6) is 5.75 Å². The lowest BCUT2D eigenvalue weighted by Gasteiger charge is -2.11. The topological polar surface area (TPSA) is 81.4 Å². The summed E-state index contributed by atoms with van der Waals surface area (Å²) >= 11 is 5.89. The molecule has 16 heavy (non-hydrogen) atoms. The van der Waals surface area contributed by atoms with E-state index in [0.717, 1.165) is 0 Å². The highest BCUT2D eigenvalue weighted by Crippen LogP contribution is 2.30. The van der Waals surface area contributed by atoms with Crippen molar-refractivity contribution < 1.29 is 13.2 Å². The smallest absolute Gasteiger partial charge is 0.253 e. The van der Waals surface area contributed by atoms with Crippen molar-refractivity contribution >= 4 is 21.6 Å². The second-order valence-electron chi connectivity index (χ2n) is 3.10. The molecule has 5 nitrogen and oxygen atoms in total. The predicted molar refractivity (Wildman–Crippen MR) is 61.9 cm³/mol. The molecule has 0 radical (unpaired) electrons. The van der Waals surface area contributed by atoms with Crippen molar-refractivity contribution in [3.8, 4) is 5.75 Å². The van der Waals surface area contributed by atoms with Crippen LogP contribution >= 0.6 is 11.6 Å². The summed E-state index contributed by atoms with van der Waals surface area (Å²) in [7, 11) is -3.70. The van der Waals surface area contributed by atoms with E-state index in [1.165, 1.54) is 6.07 Å². The van der Waals surface area contributed by atoms with Gasteiger partial charge in [-0.3, -0.25) is 5.84 Å². The molecule has 0 aliphatic rings. The van der Waals surface area contributed by atoms with Crippen LogP contribution in [0, 0.1) is 6.92 Å². The zero-order valence-electron chi connectivity index (χ0n) is 8.95. The van der Waals surface area contributed by atoms with Crippen LogP contribution in [0.2, 0.25) is 5.02 Å². The third kappa shape index (κ3) is 2.65. The van der Waals surface area contributed by atoms with Gasteiger partial charge in [-0.1, -0.05) is 11.6 Å². The van der Waals surface area contributed by atoms with Crippen LogP contribution in [0.3, 0.4) is 0 Å². The van der Waals surface area contributed by atoms with Crippen LogP contribution < -0.4 is 15.4 Å². The van der Waals surface area contributed by atoms with Crippen LogP contribution in [-0.2, 0) is 10.0 Å². The standard InChI is InChI=1S/C9H13ClN2O3S/c1-3-15-8-4-6(2)9(5-7(8)10)16(13,14)12-11/h4-5,12H,3,11H2,1-2H3. The fourth-order valence-corrected chi connectivity index (χ4v) is 2.42. The van der Waals surface area contributed by atoms with Gasteiger partial charge in [-0.25, -0.2) is 8.42 Å². The normalized spacial score (nSPS) is 11.5. The van der Waals surface area contributed by atoms with Gasteiger partial charge < -0.3 is 4.74 Å². The summed E-state index contributed by atoms with van der Waals surface area (Å²) in [6.45, 7) is 3.92. The van der Waals surface area contributed by atoms with Crippen molar-refractivity contribution in [3.05, 3.63) is 22.7 Å². The summed E-state index contributed by atoms with van der Waals surface area (Å²) < 4.78 is 28.3. The van der Waals surface area contributed by atoms with Crippen LogP contribution in [-0.4, -0.2) is 15.0 Å². The zero-order valence-corrected chi connectivity index (χ0v) is 10.5. The van der Waals surface area contributed by atoms with E-state index in [0.29, 0.717) is 17.9 Å². The Morgan fingerprint density at radius 3 is 2.62 bits per heavy atom. The summed E-state index contributed by atoms with van der Waals surface area (Å²) in [5.41, 5.74) is 0.519. The van der Waals surface area contributed by atoms with Crippen molar-refractivity contribution in [2.75, 3.05) is 6.61 Å². The first-order valence-corrected chi connectivity index (χ1v) is 6.43. The maximum Gasteiger partial charge on any atom is 0.253 e. The number of hydrogen-bond acceptors (Lipinski definition) is 4. The number of ether oxygens (including phenoxy) is 1. The molecular weight excluding hydrogens is 252 g/mol. The molecule has 0 aliphatic carbocycles. The molecule has 0 aliphatic heterocycles. The molecule has 1 aromatic rings. The molecule has 1 rings (SSSR count). The first-order valence-electron chi connectivity index (χ1n) is 4.57. The Hall–Kier alpha value is -0.820. The molecular formula is C9H13ClN2O3S. The number of sulfonamides is 1. The summed E-state index contributed by atoms with van der Waals surface area (Å²) in [4.78, 5) is 1.79. The average Bonchev–Trinajstić information content (AvgIpc) is 2.23. The number of benzene rings is 1. The van der Waals surface area contributed by atoms with Gasteiger partial charge in [-0.2, -0.15) is 4.83 Å². The van der Waals surface area contributed by atoms with Gasteiger partial charge in [0.2, 0.25) is 0 Å². The molecule has 90 valence electrons. The molecule has 0 aromatic heterocycles. The molecule has 0 amide bonds. The molecule has 0 unspecified atom stereocenters. The molecule has 0 heterocycles. The van der Waals surface area contributed by atoms with E-state index in [4.69, 9.17) is 22.2 Å². The Kier molecular flexibility index (Phi) is 4.15. The lowest BCUT2D eigenvalue weighted by atomic mass is 10.2. The number of aryl methyl sites for hydroxylation is 1. The summed E-state index contributed by atoms with van der Waals surface area (Å²) in [5, 5.41) is 0.237. The van der Waals surface area contributed by atoms with E-state index in [-0.39, 0.29) is 9.92 Å². The van der Waals surface area contributed by atoms with E-state index in [9.17, 15) is 8.42 Å².